The number of aryl methyl sites for hydroxylation is 2. The summed E-state index contributed by atoms with van der Waals surface area (Å²) in [5.74, 6) is 1.71. The minimum atomic E-state index is 0.329. The molecule has 6 nitrogen and oxygen atoms in total. The fraction of sp³-hybridized carbons (Fsp3) is 0.500. The lowest BCUT2D eigenvalue weighted by Gasteiger charge is -2.42. The molecule has 0 spiro atoms. The third-order valence-electron chi connectivity index (χ3n) is 7.14. The molecule has 0 aliphatic carbocycles. The van der Waals surface area contributed by atoms with Gasteiger partial charge >= 0.3 is 0 Å². The van der Waals surface area contributed by atoms with E-state index in [4.69, 9.17) is 9.47 Å². The second-order valence-electron chi connectivity index (χ2n) is 9.19. The van der Waals surface area contributed by atoms with E-state index in [1.807, 2.05) is 11.0 Å². The molecule has 170 valence electrons. The highest BCUT2D eigenvalue weighted by molar-refractivity contribution is 5.47. The molecule has 0 unspecified atom stereocenters. The zero-order valence-corrected chi connectivity index (χ0v) is 18.7. The summed E-state index contributed by atoms with van der Waals surface area (Å²) in [5, 5.41) is 0. The summed E-state index contributed by atoms with van der Waals surface area (Å²) in [4.78, 5) is 18.0. The van der Waals surface area contributed by atoms with Gasteiger partial charge in [0.1, 0.15) is 0 Å². The largest absolute Gasteiger partial charge is 0.454 e. The second-order valence-corrected chi connectivity index (χ2v) is 9.19. The number of fused-ring (bicyclic) bond motifs is 1. The molecule has 3 aliphatic rings. The summed E-state index contributed by atoms with van der Waals surface area (Å²) in [5.41, 5.74) is 4.05. The molecule has 0 radical (unpaired) electrons. The van der Waals surface area contributed by atoms with E-state index in [0.29, 0.717) is 12.8 Å². The van der Waals surface area contributed by atoms with Gasteiger partial charge in [-0.25, -0.2) is 0 Å². The Balaban J connectivity index is 1.06. The number of carbonyl (C=O) groups is 1. The number of hydrogen-bond donors (Lipinski definition) is 0. The number of carbonyl (C=O) groups excluding carboxylic acids is 1. The van der Waals surface area contributed by atoms with Gasteiger partial charge < -0.3 is 14.4 Å². The van der Waals surface area contributed by atoms with Crippen LogP contribution < -0.4 is 9.47 Å². The SMILES string of the molecule is O=CN1CCC(N2CCN(Cc3ccc(CCc4ccc5c(c4)OCO5)cc3)CC2)CC1. The van der Waals surface area contributed by atoms with Crippen molar-refractivity contribution in [2.45, 2.75) is 38.3 Å². The summed E-state index contributed by atoms with van der Waals surface area (Å²) in [7, 11) is 0. The van der Waals surface area contributed by atoms with E-state index >= 15 is 0 Å². The van der Waals surface area contributed by atoms with Gasteiger partial charge in [-0.05, 0) is 54.5 Å². The molecule has 2 saturated heterocycles. The van der Waals surface area contributed by atoms with Gasteiger partial charge in [-0.1, -0.05) is 30.3 Å². The molecule has 0 aromatic heterocycles. The minimum Gasteiger partial charge on any atom is -0.454 e. The topological polar surface area (TPSA) is 45.3 Å². The quantitative estimate of drug-likeness (QED) is 0.626. The van der Waals surface area contributed by atoms with Crippen LogP contribution in [0.3, 0.4) is 0 Å². The standard InChI is InChI=1S/C26H33N3O3/c30-19-28-11-9-24(10-12-28)29-15-13-27(14-16-29)18-23-5-2-21(3-6-23)1-4-22-7-8-25-26(17-22)32-20-31-25/h2-3,5-8,17,19,24H,1,4,9-16,18,20H2. The number of hydrogen-bond acceptors (Lipinski definition) is 5. The van der Waals surface area contributed by atoms with Crippen molar-refractivity contribution < 1.29 is 14.3 Å². The van der Waals surface area contributed by atoms with E-state index < -0.39 is 0 Å². The maximum atomic E-state index is 10.9. The Kier molecular flexibility index (Phi) is 6.60. The van der Waals surface area contributed by atoms with E-state index in [1.165, 1.54) is 16.7 Å². The summed E-state index contributed by atoms with van der Waals surface area (Å²) in [6.07, 6.45) is 5.26. The van der Waals surface area contributed by atoms with Gasteiger partial charge in [0.05, 0.1) is 0 Å². The number of nitrogens with zero attached hydrogens (tertiary/aromatic N) is 3. The van der Waals surface area contributed by atoms with E-state index in [0.717, 1.165) is 89.4 Å². The van der Waals surface area contributed by atoms with Crippen LogP contribution in [0.4, 0.5) is 0 Å². The zero-order valence-electron chi connectivity index (χ0n) is 18.7. The molecule has 0 atom stereocenters. The third kappa shape index (κ3) is 5.08. The van der Waals surface area contributed by atoms with Crippen LogP contribution in [0.5, 0.6) is 11.5 Å². The fourth-order valence-electron chi connectivity index (χ4n) is 5.10. The first-order valence-electron chi connectivity index (χ1n) is 11.9. The molecule has 2 aromatic carbocycles. The molecule has 1 amide bonds. The molecule has 5 rings (SSSR count). The van der Waals surface area contributed by atoms with Crippen molar-refractivity contribution in [3.05, 3.63) is 59.2 Å². The van der Waals surface area contributed by atoms with Crippen LogP contribution in [0, 0.1) is 0 Å². The molecular formula is C26H33N3O3. The molecule has 2 aromatic rings. The van der Waals surface area contributed by atoms with E-state index in [2.05, 4.69) is 46.2 Å². The van der Waals surface area contributed by atoms with Crippen molar-refractivity contribution in [2.24, 2.45) is 0 Å². The number of ether oxygens (including phenoxy) is 2. The van der Waals surface area contributed by atoms with E-state index in [1.54, 1.807) is 0 Å². The van der Waals surface area contributed by atoms with Crippen LogP contribution in [0.25, 0.3) is 0 Å². The number of piperazine rings is 1. The summed E-state index contributed by atoms with van der Waals surface area (Å²) < 4.78 is 10.9. The molecule has 3 aliphatic heterocycles. The van der Waals surface area contributed by atoms with Crippen LogP contribution in [-0.2, 0) is 24.2 Å². The predicted molar refractivity (Wildman–Crippen MR) is 124 cm³/mol. The van der Waals surface area contributed by atoms with Crippen molar-refractivity contribution in [3.63, 3.8) is 0 Å². The molecule has 6 heteroatoms. The Labute approximate surface area is 190 Å². The van der Waals surface area contributed by atoms with E-state index in [-0.39, 0.29) is 0 Å². The molecule has 0 saturated carbocycles. The van der Waals surface area contributed by atoms with Crippen LogP contribution in [0.1, 0.15) is 29.5 Å². The van der Waals surface area contributed by atoms with Gasteiger partial charge in [0.15, 0.2) is 11.5 Å². The van der Waals surface area contributed by atoms with Gasteiger partial charge in [0, 0.05) is 51.9 Å². The lowest BCUT2D eigenvalue weighted by Crippen LogP contribution is -2.52. The van der Waals surface area contributed by atoms with Crippen LogP contribution in [0.2, 0.25) is 0 Å². The Bertz CT molecular complexity index is 901. The Morgan fingerprint density at radius 3 is 2.19 bits per heavy atom. The van der Waals surface area contributed by atoms with E-state index in [9.17, 15) is 4.79 Å². The normalized spacial score (nSPS) is 19.9. The Hall–Kier alpha value is -2.57. The maximum Gasteiger partial charge on any atom is 0.231 e. The second kappa shape index (κ2) is 9.92. The maximum absolute atomic E-state index is 10.9. The first kappa shape index (κ1) is 21.3. The monoisotopic (exact) mass is 435 g/mol. The fourth-order valence-corrected chi connectivity index (χ4v) is 5.10. The minimum absolute atomic E-state index is 0.329. The highest BCUT2D eigenvalue weighted by Crippen LogP contribution is 2.32. The summed E-state index contributed by atoms with van der Waals surface area (Å²) >= 11 is 0. The molecule has 32 heavy (non-hydrogen) atoms. The van der Waals surface area contributed by atoms with Crippen LogP contribution in [-0.4, -0.2) is 73.2 Å². The lowest BCUT2D eigenvalue weighted by atomic mass is 10.0. The predicted octanol–water partition coefficient (Wildman–Crippen LogP) is 2.94. The first-order chi connectivity index (χ1) is 15.8. The summed E-state index contributed by atoms with van der Waals surface area (Å²) in [6.45, 7) is 7.71. The highest BCUT2D eigenvalue weighted by atomic mass is 16.7. The van der Waals surface area contributed by atoms with Crippen LogP contribution >= 0.6 is 0 Å². The molecule has 0 bridgehead atoms. The van der Waals surface area contributed by atoms with Gasteiger partial charge in [0.25, 0.3) is 0 Å². The van der Waals surface area contributed by atoms with Crippen molar-refractivity contribution in [2.75, 3.05) is 46.1 Å². The number of amides is 1. The van der Waals surface area contributed by atoms with Crippen LogP contribution in [0.15, 0.2) is 42.5 Å². The average molecular weight is 436 g/mol. The summed E-state index contributed by atoms with van der Waals surface area (Å²) in [6, 6.07) is 16.0. The first-order valence-corrected chi connectivity index (χ1v) is 11.9. The number of likely N-dealkylation sites (tertiary alicyclic amines) is 1. The van der Waals surface area contributed by atoms with Gasteiger partial charge in [-0.15, -0.1) is 0 Å². The van der Waals surface area contributed by atoms with Crippen molar-refractivity contribution >= 4 is 6.41 Å². The molecule has 0 N–H and O–H groups in total. The highest BCUT2D eigenvalue weighted by Gasteiger charge is 2.27. The van der Waals surface area contributed by atoms with Gasteiger partial charge in [-0.3, -0.25) is 14.6 Å². The number of rotatable bonds is 7. The van der Waals surface area contributed by atoms with Crippen molar-refractivity contribution in [1.29, 1.82) is 0 Å². The number of benzene rings is 2. The Morgan fingerprint density at radius 2 is 1.44 bits per heavy atom. The molecule has 3 heterocycles. The average Bonchev–Trinajstić information content (AvgIpc) is 3.32. The molecule has 2 fully saturated rings. The third-order valence-corrected chi connectivity index (χ3v) is 7.14. The van der Waals surface area contributed by atoms with Crippen molar-refractivity contribution in [3.8, 4) is 11.5 Å². The Morgan fingerprint density at radius 1 is 0.781 bits per heavy atom. The van der Waals surface area contributed by atoms with Crippen molar-refractivity contribution in [1.82, 2.24) is 14.7 Å². The lowest BCUT2D eigenvalue weighted by molar-refractivity contribution is -0.119. The number of piperidine rings is 1. The van der Waals surface area contributed by atoms with Gasteiger partial charge in [-0.2, -0.15) is 0 Å². The smallest absolute Gasteiger partial charge is 0.231 e. The van der Waals surface area contributed by atoms with Gasteiger partial charge in [0.2, 0.25) is 13.2 Å². The molecular weight excluding hydrogens is 402 g/mol. The zero-order chi connectivity index (χ0) is 21.8.